The van der Waals surface area contributed by atoms with Crippen LogP contribution >= 0.6 is 0 Å². The molecule has 7 aliphatic rings. The summed E-state index contributed by atoms with van der Waals surface area (Å²) < 4.78 is 62.1. The molecular formula is C48H71NO16. The van der Waals surface area contributed by atoms with Gasteiger partial charge >= 0.3 is 5.97 Å². The monoisotopic (exact) mass is 917 g/mol. The van der Waals surface area contributed by atoms with Crippen molar-refractivity contribution in [2.24, 2.45) is 16.7 Å². The van der Waals surface area contributed by atoms with Crippen LogP contribution in [0.4, 0.5) is 0 Å². The summed E-state index contributed by atoms with van der Waals surface area (Å²) in [5.41, 5.74) is -6.82. The van der Waals surface area contributed by atoms with E-state index in [1.165, 1.54) is 13.1 Å². The lowest BCUT2D eigenvalue weighted by molar-refractivity contribution is -0.338. The Morgan fingerprint density at radius 2 is 1.37 bits per heavy atom. The van der Waals surface area contributed by atoms with Crippen LogP contribution in [-0.2, 0) is 52.2 Å². The van der Waals surface area contributed by atoms with E-state index >= 15 is 0 Å². The largest absolute Gasteiger partial charge is 0.458 e. The van der Waals surface area contributed by atoms with Crippen LogP contribution < -0.4 is 0 Å². The second-order valence-corrected chi connectivity index (χ2v) is 20.2. The number of nitrogens with zero attached hydrogens (tertiary/aromatic N) is 1. The van der Waals surface area contributed by atoms with E-state index < -0.39 is 113 Å². The third kappa shape index (κ3) is 8.15. The molecule has 0 amide bonds. The maximum Gasteiger partial charge on any atom is 0.339 e. The molecule has 0 radical (unpaired) electrons. The summed E-state index contributed by atoms with van der Waals surface area (Å²) in [6.07, 6.45) is 0.578. The first-order valence-corrected chi connectivity index (χ1v) is 23.4. The summed E-state index contributed by atoms with van der Waals surface area (Å²) in [5.74, 6) is -1.82. The smallest absolute Gasteiger partial charge is 0.339 e. The molecule has 364 valence electrons. The maximum atomic E-state index is 13.6. The van der Waals surface area contributed by atoms with Gasteiger partial charge < -0.3 is 67.8 Å². The summed E-state index contributed by atoms with van der Waals surface area (Å²) in [5, 5.41) is 48.3. The number of methoxy groups -OCH3 is 3. The summed E-state index contributed by atoms with van der Waals surface area (Å²) in [6.45, 7) is 10.6. The van der Waals surface area contributed by atoms with Gasteiger partial charge in [-0.2, -0.15) is 0 Å². The molecule has 4 aliphatic carbocycles. The van der Waals surface area contributed by atoms with Crippen molar-refractivity contribution in [1.29, 1.82) is 0 Å². The lowest BCUT2D eigenvalue weighted by Gasteiger charge is -2.67. The molecule has 0 aromatic carbocycles. The fourth-order valence-electron chi connectivity index (χ4n) is 13.1. The quantitative estimate of drug-likeness (QED) is 0.174. The fraction of sp³-hybridized carbons (Fsp3) is 0.812. The zero-order valence-corrected chi connectivity index (χ0v) is 39.3. The zero-order chi connectivity index (χ0) is 46.9. The topological polar surface area (TPSA) is 220 Å². The van der Waals surface area contributed by atoms with E-state index in [-0.39, 0.29) is 49.6 Å². The van der Waals surface area contributed by atoms with Crippen LogP contribution in [0.5, 0.6) is 0 Å². The average molecular weight is 918 g/mol. The molecule has 3 aliphatic heterocycles. The van der Waals surface area contributed by atoms with E-state index in [1.54, 1.807) is 53.5 Å². The van der Waals surface area contributed by atoms with E-state index in [9.17, 15) is 30.0 Å². The van der Waals surface area contributed by atoms with E-state index in [4.69, 9.17) is 47.4 Å². The molecule has 0 unspecified atom stereocenters. The number of aromatic nitrogens is 1. The van der Waals surface area contributed by atoms with Crippen LogP contribution in [0.3, 0.4) is 0 Å². The first-order chi connectivity index (χ1) is 30.8. The second-order valence-electron chi connectivity index (χ2n) is 20.2. The van der Waals surface area contributed by atoms with Gasteiger partial charge in [0.1, 0.15) is 41.2 Å². The Morgan fingerprint density at radius 3 is 1.94 bits per heavy atom. The second kappa shape index (κ2) is 18.4. The van der Waals surface area contributed by atoms with E-state index in [0.29, 0.717) is 38.5 Å². The van der Waals surface area contributed by atoms with Crippen LogP contribution in [-0.4, -0.2) is 161 Å². The van der Waals surface area contributed by atoms with Gasteiger partial charge in [-0.1, -0.05) is 18.6 Å². The van der Waals surface area contributed by atoms with Gasteiger partial charge in [0.2, 0.25) is 0 Å². The minimum Gasteiger partial charge on any atom is -0.458 e. The van der Waals surface area contributed by atoms with Crippen molar-refractivity contribution in [3.8, 4) is 0 Å². The Morgan fingerprint density at radius 1 is 0.785 bits per heavy atom. The van der Waals surface area contributed by atoms with Gasteiger partial charge in [0.15, 0.2) is 24.7 Å². The highest BCUT2D eigenvalue weighted by atomic mass is 16.7. The first-order valence-electron chi connectivity index (χ1n) is 23.4. The van der Waals surface area contributed by atoms with Crippen molar-refractivity contribution in [3.05, 3.63) is 41.7 Å². The molecule has 4 heterocycles. The average Bonchev–Trinajstić information content (AvgIpc) is 3.51. The normalized spacial score (nSPS) is 48.6. The zero-order valence-electron chi connectivity index (χ0n) is 39.3. The predicted molar refractivity (Wildman–Crippen MR) is 229 cm³/mol. The number of carbonyl (C=O) groups excluding carboxylic acids is 2. The first kappa shape index (κ1) is 48.9. The number of rotatable bonds is 12. The Kier molecular flexibility index (Phi) is 13.9. The number of fused-ring (bicyclic) bond motifs is 5. The Labute approximate surface area is 381 Å². The van der Waals surface area contributed by atoms with Crippen LogP contribution in [0.2, 0.25) is 0 Å². The molecule has 8 rings (SSSR count). The summed E-state index contributed by atoms with van der Waals surface area (Å²) >= 11 is 0. The number of ether oxygens (including phenoxy) is 10. The number of aliphatic hydroxyl groups excluding tert-OH is 1. The summed E-state index contributed by atoms with van der Waals surface area (Å²) in [4.78, 5) is 31.0. The fourth-order valence-corrected chi connectivity index (χ4v) is 13.1. The van der Waals surface area contributed by atoms with E-state index in [2.05, 4.69) is 11.9 Å². The molecule has 17 heteroatoms. The molecular weight excluding hydrogens is 847 g/mol. The standard InChI is InChI=1S/C48H71NO16/c1-25-40(51)32(56-7)20-38(59-25)64-42-27(3)61-39(22-34(42)58-9)65-41-26(2)60-37(21-33(41)57-8)62-31-13-14-44(5)30(19-31)12-15-47(54)35(44)23-36(63-43(52)29-11-10-18-49-24-29)45(6)46(53,28(4)50)16-17-48(45,47)55/h10-12,18,24-27,31-42,51,53-55H,13-17,19-23H2,1-9H3/t25-,26+,27+,31-,32+,33-,34-,35+,36+,37-,38-,39-,40-,41+,42+,44-,45+,46+,47-,48+/m0/s1. The van der Waals surface area contributed by atoms with Gasteiger partial charge in [-0.25, -0.2) is 4.79 Å². The third-order valence-electron chi connectivity index (χ3n) is 17.0. The number of hydrogen-bond acceptors (Lipinski definition) is 17. The number of hydrogen-bond donors (Lipinski definition) is 4. The summed E-state index contributed by atoms with van der Waals surface area (Å²) in [6, 6.07) is 3.19. The molecule has 3 saturated heterocycles. The number of carbonyl (C=O) groups is 2. The van der Waals surface area contributed by atoms with Crippen molar-refractivity contribution in [1.82, 2.24) is 4.98 Å². The Hall–Kier alpha value is -2.49. The molecule has 6 fully saturated rings. The lowest BCUT2D eigenvalue weighted by Crippen LogP contribution is -2.78. The van der Waals surface area contributed by atoms with Gasteiger partial charge in [-0.15, -0.1) is 0 Å². The maximum absolute atomic E-state index is 13.6. The molecule has 20 atom stereocenters. The lowest BCUT2D eigenvalue weighted by atomic mass is 9.42. The number of Topliss-reactive ketones (excluding diaryl/α,β-unsaturated/α-hetero) is 1. The molecule has 1 aromatic heterocycles. The molecule has 0 bridgehead atoms. The predicted octanol–water partition coefficient (Wildman–Crippen LogP) is 3.70. The minimum atomic E-state index is -2.04. The van der Waals surface area contributed by atoms with Crippen LogP contribution in [0.1, 0.15) is 116 Å². The van der Waals surface area contributed by atoms with E-state index in [0.717, 1.165) is 5.57 Å². The van der Waals surface area contributed by atoms with Crippen LogP contribution in [0.15, 0.2) is 36.2 Å². The third-order valence-corrected chi connectivity index (χ3v) is 17.0. The highest BCUT2D eigenvalue weighted by molar-refractivity contribution is 5.90. The SMILES string of the molecule is CO[C@H]1C[C@H](O[C@H]2CC[C@@]3(C)C(=CC[C@]4(O)[C@@H]3C[C@@H](OC(=O)c3cccnc3)[C@@]3(C)[C@]4(O)CC[C@@]3(O)C(C)=O)C2)O[C@H](C)[C@H]1O[C@H]1C[C@H](OC)[C@H](O[C@H]2C[C@@H](OC)[C@@H](O)[C@H](C)O2)[C@@H](C)O1. The molecule has 4 N–H and O–H groups in total. The number of esters is 1. The number of pyridine rings is 1. The van der Waals surface area contributed by atoms with Crippen molar-refractivity contribution in [2.75, 3.05) is 21.3 Å². The van der Waals surface area contributed by atoms with Crippen molar-refractivity contribution in [2.45, 2.75) is 209 Å². The van der Waals surface area contributed by atoms with Crippen molar-refractivity contribution < 1.29 is 77.4 Å². The Bertz CT molecular complexity index is 1910. The van der Waals surface area contributed by atoms with Crippen LogP contribution in [0.25, 0.3) is 0 Å². The molecule has 1 aromatic rings. The van der Waals surface area contributed by atoms with Gasteiger partial charge in [0, 0.05) is 58.9 Å². The van der Waals surface area contributed by atoms with Gasteiger partial charge in [0.25, 0.3) is 0 Å². The van der Waals surface area contributed by atoms with Crippen LogP contribution in [0, 0.1) is 16.7 Å². The Balaban J connectivity index is 0.924. The molecule has 0 spiro atoms. The molecule has 3 saturated carbocycles. The molecule has 17 nitrogen and oxygen atoms in total. The van der Waals surface area contributed by atoms with Gasteiger partial charge in [-0.3, -0.25) is 9.78 Å². The minimum absolute atomic E-state index is 0.0494. The van der Waals surface area contributed by atoms with Crippen molar-refractivity contribution >= 4 is 11.8 Å². The highest BCUT2D eigenvalue weighted by Crippen LogP contribution is 2.71. The van der Waals surface area contributed by atoms with Gasteiger partial charge in [-0.05, 0) is 97.1 Å². The van der Waals surface area contributed by atoms with E-state index in [1.807, 2.05) is 19.9 Å². The highest BCUT2D eigenvalue weighted by Gasteiger charge is 2.81. The number of aliphatic hydroxyl groups is 4. The number of ketones is 1. The molecule has 65 heavy (non-hydrogen) atoms. The van der Waals surface area contributed by atoms with Crippen molar-refractivity contribution in [3.63, 3.8) is 0 Å². The van der Waals surface area contributed by atoms with Gasteiger partial charge in [0.05, 0.1) is 53.7 Å². The summed E-state index contributed by atoms with van der Waals surface area (Å²) in [7, 11) is 4.83.